The number of aliphatic carboxylic acids is 1. The van der Waals surface area contributed by atoms with Crippen molar-refractivity contribution in [2.75, 3.05) is 6.54 Å². The summed E-state index contributed by atoms with van der Waals surface area (Å²) in [6.45, 7) is 2.09. The second kappa shape index (κ2) is 4.76. The van der Waals surface area contributed by atoms with Crippen molar-refractivity contribution in [1.82, 2.24) is 5.32 Å². The van der Waals surface area contributed by atoms with Crippen molar-refractivity contribution in [3.63, 3.8) is 0 Å². The monoisotopic (exact) mass is 213 g/mol. The van der Waals surface area contributed by atoms with E-state index in [1.165, 1.54) is 11.3 Å². The zero-order valence-corrected chi connectivity index (χ0v) is 8.56. The maximum Gasteiger partial charge on any atom is 0.305 e. The van der Waals surface area contributed by atoms with E-state index >= 15 is 0 Å². The summed E-state index contributed by atoms with van der Waals surface area (Å²) in [5, 5.41) is 12.6. The summed E-state index contributed by atoms with van der Waals surface area (Å²) < 4.78 is 0. The predicted molar refractivity (Wildman–Crippen MR) is 53.6 cm³/mol. The number of carbonyl (C=O) groups excluding carboxylic acids is 1. The van der Waals surface area contributed by atoms with Gasteiger partial charge >= 0.3 is 5.97 Å². The Labute approximate surface area is 85.6 Å². The molecule has 1 heterocycles. The average Bonchev–Trinajstić information content (AvgIpc) is 2.51. The number of nitrogens with one attached hydrogen (secondary N) is 1. The van der Waals surface area contributed by atoms with Crippen molar-refractivity contribution in [3.8, 4) is 0 Å². The first kappa shape index (κ1) is 10.7. The topological polar surface area (TPSA) is 66.4 Å². The largest absolute Gasteiger partial charge is 0.481 e. The SMILES string of the molecule is Cc1cc(C(=O)NCCC(=O)O)cs1. The van der Waals surface area contributed by atoms with E-state index in [-0.39, 0.29) is 18.9 Å². The Morgan fingerprint density at radius 1 is 1.57 bits per heavy atom. The highest BCUT2D eigenvalue weighted by atomic mass is 32.1. The van der Waals surface area contributed by atoms with Gasteiger partial charge in [-0.2, -0.15) is 0 Å². The van der Waals surface area contributed by atoms with Crippen LogP contribution in [-0.4, -0.2) is 23.5 Å². The van der Waals surface area contributed by atoms with E-state index in [4.69, 9.17) is 5.11 Å². The molecule has 1 rings (SSSR count). The molecule has 1 aromatic rings. The molecule has 2 N–H and O–H groups in total. The Bertz CT molecular complexity index is 346. The fraction of sp³-hybridized carbons (Fsp3) is 0.333. The molecule has 0 fully saturated rings. The van der Waals surface area contributed by atoms with Gasteiger partial charge in [0.05, 0.1) is 12.0 Å². The molecule has 5 heteroatoms. The van der Waals surface area contributed by atoms with E-state index in [1.54, 1.807) is 11.4 Å². The lowest BCUT2D eigenvalue weighted by molar-refractivity contribution is -0.136. The van der Waals surface area contributed by atoms with E-state index in [1.807, 2.05) is 6.92 Å². The van der Waals surface area contributed by atoms with Gasteiger partial charge in [-0.1, -0.05) is 0 Å². The molecule has 0 radical (unpaired) electrons. The number of carboxylic acids is 1. The summed E-state index contributed by atoms with van der Waals surface area (Å²) in [6.07, 6.45) is -0.0468. The van der Waals surface area contributed by atoms with Crippen LogP contribution < -0.4 is 5.32 Å². The van der Waals surface area contributed by atoms with Gasteiger partial charge in [0.2, 0.25) is 0 Å². The Kier molecular flexibility index (Phi) is 3.64. The lowest BCUT2D eigenvalue weighted by atomic mass is 10.3. The van der Waals surface area contributed by atoms with Gasteiger partial charge in [0.15, 0.2) is 0 Å². The predicted octanol–water partition coefficient (Wildman–Crippen LogP) is 1.26. The zero-order valence-electron chi connectivity index (χ0n) is 7.74. The number of thiophene rings is 1. The quantitative estimate of drug-likeness (QED) is 0.791. The van der Waals surface area contributed by atoms with Crippen LogP contribution in [0.4, 0.5) is 0 Å². The lowest BCUT2D eigenvalue weighted by Crippen LogP contribution is -2.25. The van der Waals surface area contributed by atoms with Gasteiger partial charge in [0.1, 0.15) is 0 Å². The van der Waals surface area contributed by atoms with Crippen LogP contribution in [0.1, 0.15) is 21.7 Å². The number of aryl methyl sites for hydroxylation is 1. The fourth-order valence-electron chi connectivity index (χ4n) is 0.948. The average molecular weight is 213 g/mol. The molecule has 0 saturated carbocycles. The van der Waals surface area contributed by atoms with Crippen LogP contribution in [0.5, 0.6) is 0 Å². The van der Waals surface area contributed by atoms with Crippen LogP contribution in [-0.2, 0) is 4.79 Å². The standard InChI is InChI=1S/C9H11NO3S/c1-6-4-7(5-14-6)9(13)10-3-2-8(11)12/h4-5H,2-3H2,1H3,(H,10,13)(H,11,12). The molecule has 0 atom stereocenters. The highest BCUT2D eigenvalue weighted by Gasteiger charge is 2.06. The highest BCUT2D eigenvalue weighted by Crippen LogP contribution is 2.12. The zero-order chi connectivity index (χ0) is 10.6. The number of amides is 1. The molecule has 0 aromatic carbocycles. The van der Waals surface area contributed by atoms with E-state index < -0.39 is 5.97 Å². The van der Waals surface area contributed by atoms with E-state index in [2.05, 4.69) is 5.32 Å². The van der Waals surface area contributed by atoms with Crippen molar-refractivity contribution < 1.29 is 14.7 Å². The molecule has 1 aromatic heterocycles. The van der Waals surface area contributed by atoms with Crippen LogP contribution in [0, 0.1) is 6.92 Å². The summed E-state index contributed by atoms with van der Waals surface area (Å²) in [5.74, 6) is -1.12. The molecule has 0 bridgehead atoms. The first-order chi connectivity index (χ1) is 6.59. The van der Waals surface area contributed by atoms with Crippen LogP contribution in [0.3, 0.4) is 0 Å². The van der Waals surface area contributed by atoms with E-state index in [0.717, 1.165) is 4.88 Å². The fourth-order valence-corrected chi connectivity index (χ4v) is 1.63. The van der Waals surface area contributed by atoms with E-state index in [9.17, 15) is 9.59 Å². The van der Waals surface area contributed by atoms with Crippen molar-refractivity contribution in [2.24, 2.45) is 0 Å². The minimum atomic E-state index is -0.910. The minimum absolute atomic E-state index is 0.0468. The third kappa shape index (κ3) is 3.18. The maximum atomic E-state index is 11.3. The Morgan fingerprint density at radius 2 is 2.29 bits per heavy atom. The van der Waals surface area contributed by atoms with Crippen LogP contribution >= 0.6 is 11.3 Å². The molecular weight excluding hydrogens is 202 g/mol. The minimum Gasteiger partial charge on any atom is -0.481 e. The Morgan fingerprint density at radius 3 is 2.79 bits per heavy atom. The maximum absolute atomic E-state index is 11.3. The van der Waals surface area contributed by atoms with Gasteiger partial charge in [-0.3, -0.25) is 9.59 Å². The first-order valence-electron chi connectivity index (χ1n) is 4.14. The van der Waals surface area contributed by atoms with Crippen LogP contribution in [0.2, 0.25) is 0 Å². The second-order valence-electron chi connectivity index (χ2n) is 2.85. The van der Waals surface area contributed by atoms with Gasteiger partial charge in [0.25, 0.3) is 5.91 Å². The molecule has 0 aliphatic carbocycles. The number of carbonyl (C=O) groups is 2. The Hall–Kier alpha value is -1.36. The molecule has 76 valence electrons. The smallest absolute Gasteiger partial charge is 0.305 e. The van der Waals surface area contributed by atoms with Crippen molar-refractivity contribution in [2.45, 2.75) is 13.3 Å². The molecular formula is C9H11NO3S. The molecule has 4 nitrogen and oxygen atoms in total. The lowest BCUT2D eigenvalue weighted by Gasteiger charge is -2.00. The summed E-state index contributed by atoms with van der Waals surface area (Å²) in [5.41, 5.74) is 0.595. The van der Waals surface area contributed by atoms with Gasteiger partial charge in [-0.05, 0) is 13.0 Å². The van der Waals surface area contributed by atoms with Crippen molar-refractivity contribution in [1.29, 1.82) is 0 Å². The van der Waals surface area contributed by atoms with Gasteiger partial charge in [-0.25, -0.2) is 0 Å². The molecule has 0 unspecified atom stereocenters. The van der Waals surface area contributed by atoms with Gasteiger partial charge < -0.3 is 10.4 Å². The van der Waals surface area contributed by atoms with Crippen molar-refractivity contribution in [3.05, 3.63) is 21.9 Å². The molecule has 0 saturated heterocycles. The number of hydrogen-bond donors (Lipinski definition) is 2. The van der Waals surface area contributed by atoms with Gasteiger partial charge in [-0.15, -0.1) is 11.3 Å². The highest BCUT2D eigenvalue weighted by molar-refractivity contribution is 7.10. The normalized spacial score (nSPS) is 9.79. The summed E-state index contributed by atoms with van der Waals surface area (Å²) in [7, 11) is 0. The second-order valence-corrected chi connectivity index (χ2v) is 3.96. The third-order valence-electron chi connectivity index (χ3n) is 1.62. The molecule has 1 amide bonds. The molecule has 0 aliphatic rings. The summed E-state index contributed by atoms with van der Waals surface area (Å²) in [6, 6.07) is 1.78. The van der Waals surface area contributed by atoms with Crippen LogP contribution in [0.15, 0.2) is 11.4 Å². The number of hydrogen-bond acceptors (Lipinski definition) is 3. The molecule has 0 spiro atoms. The first-order valence-corrected chi connectivity index (χ1v) is 5.02. The number of rotatable bonds is 4. The number of carboxylic acid groups (broad SMARTS) is 1. The summed E-state index contributed by atoms with van der Waals surface area (Å²) in [4.78, 5) is 22.6. The third-order valence-corrected chi connectivity index (χ3v) is 2.48. The Balaban J connectivity index is 2.39. The molecule has 14 heavy (non-hydrogen) atoms. The van der Waals surface area contributed by atoms with Crippen LogP contribution in [0.25, 0.3) is 0 Å². The van der Waals surface area contributed by atoms with Gasteiger partial charge in [0, 0.05) is 16.8 Å². The molecule has 0 aliphatic heterocycles. The van der Waals surface area contributed by atoms with E-state index in [0.29, 0.717) is 5.56 Å². The summed E-state index contributed by atoms with van der Waals surface area (Å²) >= 11 is 1.50. The van der Waals surface area contributed by atoms with Crippen molar-refractivity contribution >= 4 is 23.2 Å².